The van der Waals surface area contributed by atoms with Crippen molar-refractivity contribution in [3.05, 3.63) is 65.5 Å². The van der Waals surface area contributed by atoms with Crippen molar-refractivity contribution in [1.82, 2.24) is 15.3 Å². The number of hydrogen-bond donors (Lipinski definition) is 2. The molecule has 3 aromatic rings. The van der Waals surface area contributed by atoms with Gasteiger partial charge in [0.05, 0.1) is 5.52 Å². The molecule has 1 aromatic heterocycles. The van der Waals surface area contributed by atoms with Crippen molar-refractivity contribution < 1.29 is 26.7 Å². The van der Waals surface area contributed by atoms with Gasteiger partial charge in [0, 0.05) is 23.0 Å². The van der Waals surface area contributed by atoms with Crippen molar-refractivity contribution in [1.29, 1.82) is 0 Å². The van der Waals surface area contributed by atoms with Gasteiger partial charge < -0.3 is 10.6 Å². The van der Waals surface area contributed by atoms with Gasteiger partial charge in [-0.3, -0.25) is 4.79 Å². The van der Waals surface area contributed by atoms with Crippen molar-refractivity contribution in [2.24, 2.45) is 0 Å². The predicted octanol–water partition coefficient (Wildman–Crippen LogP) is 5.08. The number of nitrogens with zero attached hydrogens (tertiary/aromatic N) is 2. The summed E-state index contributed by atoms with van der Waals surface area (Å²) >= 11 is 0. The van der Waals surface area contributed by atoms with Crippen LogP contribution >= 0.6 is 0 Å². The minimum atomic E-state index is -4.73. The number of benzene rings is 2. The highest BCUT2D eigenvalue weighted by atomic mass is 19.4. The molecular weight excluding hydrogens is 431 g/mol. The topological polar surface area (TPSA) is 66.9 Å². The highest BCUT2D eigenvalue weighted by Crippen LogP contribution is 2.32. The third-order valence-electron chi connectivity index (χ3n) is 5.42. The summed E-state index contributed by atoms with van der Waals surface area (Å²) in [7, 11) is 0. The molecule has 4 rings (SSSR count). The van der Waals surface area contributed by atoms with E-state index < -0.39 is 23.6 Å². The Labute approximate surface area is 180 Å². The first kappa shape index (κ1) is 21.9. The Morgan fingerprint density at radius 1 is 0.875 bits per heavy atom. The summed E-state index contributed by atoms with van der Waals surface area (Å²) in [6, 6.07) is 8.24. The van der Waals surface area contributed by atoms with Crippen molar-refractivity contribution in [3.63, 3.8) is 0 Å². The number of rotatable bonds is 4. The summed E-state index contributed by atoms with van der Waals surface area (Å²) in [5, 5.41) is 6.07. The molecule has 10 heteroatoms. The van der Waals surface area contributed by atoms with E-state index in [2.05, 4.69) is 20.6 Å². The first-order chi connectivity index (χ1) is 15.2. The van der Waals surface area contributed by atoms with E-state index in [1.807, 2.05) is 0 Å². The molecule has 1 amide bonds. The molecule has 1 aliphatic carbocycles. The molecule has 0 unspecified atom stereocenters. The molecule has 1 heterocycles. The maximum absolute atomic E-state index is 13.7. The zero-order valence-electron chi connectivity index (χ0n) is 16.7. The number of carbonyl (C=O) groups excluding carboxylic acids is 1. The molecule has 1 saturated carbocycles. The van der Waals surface area contributed by atoms with Crippen LogP contribution in [0, 0.1) is 11.6 Å². The first-order valence-corrected chi connectivity index (χ1v) is 10.1. The predicted molar refractivity (Wildman–Crippen MR) is 108 cm³/mol. The van der Waals surface area contributed by atoms with Gasteiger partial charge in [-0.05, 0) is 68.1 Å². The summed E-state index contributed by atoms with van der Waals surface area (Å²) in [5.74, 6) is -2.71. The van der Waals surface area contributed by atoms with Crippen molar-refractivity contribution in [2.75, 3.05) is 5.32 Å². The maximum Gasteiger partial charge on any atom is 0.451 e. The van der Waals surface area contributed by atoms with E-state index in [4.69, 9.17) is 0 Å². The Bertz CT molecular complexity index is 1130. The minimum absolute atomic E-state index is 0.00327. The second-order valence-corrected chi connectivity index (χ2v) is 7.73. The Balaban J connectivity index is 1.44. The highest BCUT2D eigenvalue weighted by molar-refractivity contribution is 5.94. The first-order valence-electron chi connectivity index (χ1n) is 10.1. The SMILES string of the molecule is O=C(NC1CCC(Nc2nc(C(F)(F)F)nc3ccc(F)cc23)CC1)c1ccc(F)cc1. The van der Waals surface area contributed by atoms with Gasteiger partial charge in [0.25, 0.3) is 5.91 Å². The zero-order valence-corrected chi connectivity index (χ0v) is 16.7. The molecule has 2 N–H and O–H groups in total. The van der Waals surface area contributed by atoms with E-state index in [1.165, 1.54) is 30.3 Å². The van der Waals surface area contributed by atoms with E-state index in [1.54, 1.807) is 0 Å². The summed E-state index contributed by atoms with van der Waals surface area (Å²) in [4.78, 5) is 19.4. The second-order valence-electron chi connectivity index (χ2n) is 7.73. The second kappa shape index (κ2) is 8.68. The number of aromatic nitrogens is 2. The number of anilines is 1. The Morgan fingerprint density at radius 2 is 1.50 bits per heavy atom. The van der Waals surface area contributed by atoms with Gasteiger partial charge in [-0.2, -0.15) is 13.2 Å². The van der Waals surface area contributed by atoms with Gasteiger partial charge in [0.15, 0.2) is 0 Å². The van der Waals surface area contributed by atoms with Gasteiger partial charge in [0.1, 0.15) is 17.5 Å². The van der Waals surface area contributed by atoms with E-state index in [-0.39, 0.29) is 34.7 Å². The number of hydrogen-bond acceptors (Lipinski definition) is 4. The molecule has 0 atom stereocenters. The number of alkyl halides is 3. The Morgan fingerprint density at radius 3 is 2.16 bits per heavy atom. The zero-order chi connectivity index (χ0) is 22.9. The molecule has 1 fully saturated rings. The van der Waals surface area contributed by atoms with Gasteiger partial charge in [-0.15, -0.1) is 0 Å². The van der Waals surface area contributed by atoms with E-state index >= 15 is 0 Å². The van der Waals surface area contributed by atoms with Crippen LogP contribution in [0.4, 0.5) is 27.8 Å². The monoisotopic (exact) mass is 450 g/mol. The molecule has 0 saturated heterocycles. The highest BCUT2D eigenvalue weighted by Gasteiger charge is 2.36. The lowest BCUT2D eigenvalue weighted by molar-refractivity contribution is -0.144. The lowest BCUT2D eigenvalue weighted by atomic mass is 9.91. The lowest BCUT2D eigenvalue weighted by Gasteiger charge is -2.30. The minimum Gasteiger partial charge on any atom is -0.367 e. The number of halogens is 5. The molecular formula is C22H19F5N4O. The quantitative estimate of drug-likeness (QED) is 0.544. The molecule has 168 valence electrons. The van der Waals surface area contributed by atoms with Crippen molar-refractivity contribution in [3.8, 4) is 0 Å². The fourth-order valence-corrected chi connectivity index (χ4v) is 3.78. The average Bonchev–Trinajstić information content (AvgIpc) is 2.75. The maximum atomic E-state index is 13.7. The van der Waals surface area contributed by atoms with Gasteiger partial charge >= 0.3 is 6.18 Å². The molecule has 32 heavy (non-hydrogen) atoms. The molecule has 5 nitrogen and oxygen atoms in total. The van der Waals surface area contributed by atoms with Gasteiger partial charge in [-0.25, -0.2) is 18.7 Å². The van der Waals surface area contributed by atoms with E-state index in [9.17, 15) is 26.7 Å². The molecule has 0 aliphatic heterocycles. The lowest BCUT2D eigenvalue weighted by Crippen LogP contribution is -2.40. The third kappa shape index (κ3) is 4.95. The molecule has 2 aromatic carbocycles. The third-order valence-corrected chi connectivity index (χ3v) is 5.42. The van der Waals surface area contributed by atoms with Crippen molar-refractivity contribution in [2.45, 2.75) is 43.9 Å². The number of fused-ring (bicyclic) bond motifs is 1. The summed E-state index contributed by atoms with van der Waals surface area (Å²) < 4.78 is 66.3. The van der Waals surface area contributed by atoms with Crippen LogP contribution in [0.5, 0.6) is 0 Å². The normalized spacial score (nSPS) is 19.0. The summed E-state index contributed by atoms with van der Waals surface area (Å²) in [6.45, 7) is 0. The fraction of sp³-hybridized carbons (Fsp3) is 0.318. The van der Waals surface area contributed by atoms with Crippen LogP contribution in [0.1, 0.15) is 41.9 Å². The van der Waals surface area contributed by atoms with Crippen LogP contribution < -0.4 is 10.6 Å². The standard InChI is InChI=1S/C22H19F5N4O/c23-13-3-1-12(2-4-13)20(32)29-16-8-6-15(7-9-16)28-19-17-11-14(24)5-10-18(17)30-21(31-19)22(25,26)27/h1-5,10-11,15-16H,6-9H2,(H,29,32)(H,28,30,31). The van der Waals surface area contributed by atoms with Crippen LogP contribution in [0.3, 0.4) is 0 Å². The number of carbonyl (C=O) groups is 1. The largest absolute Gasteiger partial charge is 0.451 e. The Hall–Kier alpha value is -3.30. The fourth-order valence-electron chi connectivity index (χ4n) is 3.78. The van der Waals surface area contributed by atoms with Crippen LogP contribution in [0.15, 0.2) is 42.5 Å². The van der Waals surface area contributed by atoms with Crippen LogP contribution in [-0.4, -0.2) is 28.0 Å². The molecule has 1 aliphatic rings. The molecule has 0 spiro atoms. The smallest absolute Gasteiger partial charge is 0.367 e. The van der Waals surface area contributed by atoms with Gasteiger partial charge in [0.2, 0.25) is 5.82 Å². The average molecular weight is 450 g/mol. The van der Waals surface area contributed by atoms with Crippen LogP contribution in [0.25, 0.3) is 10.9 Å². The van der Waals surface area contributed by atoms with E-state index in [0.29, 0.717) is 31.2 Å². The van der Waals surface area contributed by atoms with Crippen molar-refractivity contribution >= 4 is 22.6 Å². The molecule has 0 bridgehead atoms. The van der Waals surface area contributed by atoms with Gasteiger partial charge in [-0.1, -0.05) is 0 Å². The summed E-state index contributed by atoms with van der Waals surface area (Å²) in [6.07, 6.45) is -2.42. The van der Waals surface area contributed by atoms with Crippen LogP contribution in [-0.2, 0) is 6.18 Å². The summed E-state index contributed by atoms with van der Waals surface area (Å²) in [5.41, 5.74) is 0.345. The van der Waals surface area contributed by atoms with Crippen LogP contribution in [0.2, 0.25) is 0 Å². The van der Waals surface area contributed by atoms with E-state index in [0.717, 1.165) is 12.1 Å². The Kier molecular flexibility index (Phi) is 5.94. The number of nitrogens with one attached hydrogen (secondary N) is 2. The molecule has 0 radical (unpaired) electrons. The number of amides is 1.